The first kappa shape index (κ1) is 21.7. The van der Waals surface area contributed by atoms with Gasteiger partial charge in [-0.2, -0.15) is 0 Å². The smallest absolute Gasteiger partial charge is 0.256 e. The van der Waals surface area contributed by atoms with Gasteiger partial charge in [0.25, 0.3) is 5.91 Å². The van der Waals surface area contributed by atoms with Crippen LogP contribution in [0, 0.1) is 5.92 Å². The van der Waals surface area contributed by atoms with Gasteiger partial charge < -0.3 is 15.0 Å². The van der Waals surface area contributed by atoms with Gasteiger partial charge in [-0.1, -0.05) is 18.2 Å². The first-order valence-corrected chi connectivity index (χ1v) is 12.0. The molecule has 1 N–H and O–H groups in total. The second kappa shape index (κ2) is 9.30. The third kappa shape index (κ3) is 4.42. The number of rotatable bonds is 7. The van der Waals surface area contributed by atoms with Gasteiger partial charge in [-0.25, -0.2) is 4.98 Å². The maximum Gasteiger partial charge on any atom is 0.256 e. The van der Waals surface area contributed by atoms with Crippen LogP contribution in [-0.2, 0) is 10.2 Å². The van der Waals surface area contributed by atoms with Gasteiger partial charge in [0, 0.05) is 31.4 Å². The number of nitrogens with zero attached hydrogens (tertiary/aromatic N) is 2. The highest BCUT2D eigenvalue weighted by atomic mass is 32.2. The fourth-order valence-corrected chi connectivity index (χ4v) is 4.96. The number of likely N-dealkylation sites (tertiary alicyclic amines) is 1. The number of carbonyl (C=O) groups excluding carboxylic acids is 2. The Kier molecular flexibility index (Phi) is 6.51. The lowest BCUT2D eigenvalue weighted by atomic mass is 9.92. The number of carbonyl (C=O) groups is 2. The molecule has 1 saturated heterocycles. The molecule has 2 heterocycles. The minimum absolute atomic E-state index is 0.0491. The molecule has 164 valence electrons. The third-order valence-corrected chi connectivity index (χ3v) is 7.17. The molecule has 1 aliphatic heterocycles. The Bertz CT molecular complexity index is 953. The molecule has 1 aromatic heterocycles. The number of aromatic nitrogens is 1. The molecule has 0 radical (unpaired) electrons. The zero-order valence-corrected chi connectivity index (χ0v) is 18.9. The molecular weight excluding hydrogens is 410 g/mol. The summed E-state index contributed by atoms with van der Waals surface area (Å²) in [5, 5.41) is 3.96. The van der Waals surface area contributed by atoms with E-state index >= 15 is 0 Å². The van der Waals surface area contributed by atoms with E-state index in [1.165, 1.54) is 11.8 Å². The summed E-state index contributed by atoms with van der Waals surface area (Å²) in [6, 6.07) is 11.5. The normalized spacial score (nSPS) is 17.8. The van der Waals surface area contributed by atoms with Crippen molar-refractivity contribution in [2.45, 2.75) is 36.1 Å². The average molecular weight is 440 g/mol. The molecule has 2 fully saturated rings. The van der Waals surface area contributed by atoms with Crippen molar-refractivity contribution in [1.29, 1.82) is 0 Å². The average Bonchev–Trinajstić information content (AvgIpc) is 3.64. The number of nitrogens with one attached hydrogen (secondary N) is 1. The largest absolute Gasteiger partial charge is 0.496 e. The third-order valence-electron chi connectivity index (χ3n) is 6.46. The predicted octanol–water partition coefficient (Wildman–Crippen LogP) is 3.51. The summed E-state index contributed by atoms with van der Waals surface area (Å²) in [7, 11) is 1.65. The number of ether oxygens (including phenoxy) is 1. The molecule has 2 aromatic rings. The first-order chi connectivity index (χ1) is 15.1. The van der Waals surface area contributed by atoms with Gasteiger partial charge in [0.05, 0.1) is 18.1 Å². The summed E-state index contributed by atoms with van der Waals surface area (Å²) in [5.41, 5.74) is 1.21. The molecule has 2 amide bonds. The fourth-order valence-electron chi connectivity index (χ4n) is 4.42. The Hall–Kier alpha value is -2.54. The van der Waals surface area contributed by atoms with E-state index in [0.717, 1.165) is 42.0 Å². The van der Waals surface area contributed by atoms with Crippen molar-refractivity contribution < 1.29 is 14.3 Å². The standard InChI is InChI=1S/C24H29N3O3S/c1-30-20-8-4-3-7-19(20)24(11-12-24)23(29)26-16-17-9-14-27(15-10-17)22(28)18-6-5-13-25-21(18)31-2/h3-8,13,17H,9-12,14-16H2,1-2H3,(H,26,29). The van der Waals surface area contributed by atoms with Crippen LogP contribution in [0.15, 0.2) is 47.6 Å². The van der Waals surface area contributed by atoms with Crippen molar-refractivity contribution >= 4 is 23.6 Å². The van der Waals surface area contributed by atoms with Crippen LogP contribution in [0.2, 0.25) is 0 Å². The summed E-state index contributed by atoms with van der Waals surface area (Å²) in [5.74, 6) is 1.31. The monoisotopic (exact) mass is 439 g/mol. The molecule has 4 rings (SSSR count). The number of hydrogen-bond donors (Lipinski definition) is 1. The molecule has 0 unspecified atom stereocenters. The van der Waals surface area contributed by atoms with Crippen molar-refractivity contribution in [1.82, 2.24) is 15.2 Å². The van der Waals surface area contributed by atoms with Gasteiger partial charge in [-0.05, 0) is 56.1 Å². The molecule has 1 saturated carbocycles. The first-order valence-electron chi connectivity index (χ1n) is 10.8. The Morgan fingerprint density at radius 1 is 1.19 bits per heavy atom. The minimum atomic E-state index is -0.447. The van der Waals surface area contributed by atoms with E-state index < -0.39 is 5.41 Å². The zero-order chi connectivity index (χ0) is 21.8. The molecule has 0 bridgehead atoms. The van der Waals surface area contributed by atoms with Crippen LogP contribution < -0.4 is 10.1 Å². The molecule has 7 heteroatoms. The van der Waals surface area contributed by atoms with Crippen LogP contribution in [0.5, 0.6) is 5.75 Å². The van der Waals surface area contributed by atoms with Crippen molar-refractivity contribution in [3.05, 3.63) is 53.7 Å². The van der Waals surface area contributed by atoms with Gasteiger partial charge in [-0.3, -0.25) is 9.59 Å². The van der Waals surface area contributed by atoms with E-state index in [2.05, 4.69) is 10.3 Å². The van der Waals surface area contributed by atoms with Crippen molar-refractivity contribution in [3.63, 3.8) is 0 Å². The molecule has 0 atom stereocenters. The molecule has 1 aliphatic carbocycles. The summed E-state index contributed by atoms with van der Waals surface area (Å²) in [6.07, 6.45) is 7.15. The molecule has 1 aromatic carbocycles. The lowest BCUT2D eigenvalue weighted by Gasteiger charge is -2.32. The highest BCUT2D eigenvalue weighted by Gasteiger charge is 2.52. The number of thioether (sulfide) groups is 1. The number of methoxy groups -OCH3 is 1. The van der Waals surface area contributed by atoms with E-state index in [4.69, 9.17) is 4.74 Å². The number of hydrogen-bond acceptors (Lipinski definition) is 5. The second-order valence-corrected chi connectivity index (χ2v) is 9.08. The molecule has 2 aliphatic rings. The highest BCUT2D eigenvalue weighted by Crippen LogP contribution is 2.51. The van der Waals surface area contributed by atoms with Crippen molar-refractivity contribution in [3.8, 4) is 5.75 Å². The summed E-state index contributed by atoms with van der Waals surface area (Å²) < 4.78 is 5.48. The highest BCUT2D eigenvalue weighted by molar-refractivity contribution is 7.98. The molecule has 31 heavy (non-hydrogen) atoms. The number of benzene rings is 1. The van der Waals surface area contributed by atoms with Gasteiger partial charge in [0.1, 0.15) is 10.8 Å². The molecule has 0 spiro atoms. The fraction of sp³-hybridized carbons (Fsp3) is 0.458. The molecule has 6 nitrogen and oxygen atoms in total. The SMILES string of the molecule is COc1ccccc1C1(C(=O)NCC2CCN(C(=O)c3cccnc3SC)CC2)CC1. The number of piperidine rings is 1. The van der Waals surface area contributed by atoms with E-state index in [-0.39, 0.29) is 11.8 Å². The lowest BCUT2D eigenvalue weighted by molar-refractivity contribution is -0.123. The Morgan fingerprint density at radius 3 is 2.61 bits per heavy atom. The summed E-state index contributed by atoms with van der Waals surface area (Å²) in [6.45, 7) is 2.07. The van der Waals surface area contributed by atoms with Crippen molar-refractivity contribution in [2.75, 3.05) is 33.0 Å². The summed E-state index contributed by atoms with van der Waals surface area (Å²) >= 11 is 1.49. The Labute approximate surface area is 187 Å². The van der Waals surface area contributed by atoms with Gasteiger partial charge in [0.15, 0.2) is 0 Å². The topological polar surface area (TPSA) is 71.5 Å². The van der Waals surface area contributed by atoms with E-state index in [0.29, 0.717) is 31.1 Å². The molecular formula is C24H29N3O3S. The van der Waals surface area contributed by atoms with E-state index in [1.807, 2.05) is 47.6 Å². The van der Waals surface area contributed by atoms with Gasteiger partial charge in [-0.15, -0.1) is 11.8 Å². The van der Waals surface area contributed by atoms with Crippen LogP contribution in [0.25, 0.3) is 0 Å². The maximum atomic E-state index is 13.0. The summed E-state index contributed by atoms with van der Waals surface area (Å²) in [4.78, 5) is 32.1. The Balaban J connectivity index is 1.31. The van der Waals surface area contributed by atoms with Crippen molar-refractivity contribution in [2.24, 2.45) is 5.92 Å². The van der Waals surface area contributed by atoms with Crippen LogP contribution in [-0.4, -0.2) is 54.7 Å². The predicted molar refractivity (Wildman–Crippen MR) is 122 cm³/mol. The number of amides is 2. The number of para-hydroxylation sites is 1. The Morgan fingerprint density at radius 2 is 1.94 bits per heavy atom. The van der Waals surface area contributed by atoms with Crippen LogP contribution in [0.4, 0.5) is 0 Å². The zero-order valence-electron chi connectivity index (χ0n) is 18.1. The minimum Gasteiger partial charge on any atom is -0.496 e. The second-order valence-electron chi connectivity index (χ2n) is 8.29. The van der Waals surface area contributed by atoms with Crippen LogP contribution in [0.1, 0.15) is 41.6 Å². The lowest BCUT2D eigenvalue weighted by Crippen LogP contribution is -2.43. The quantitative estimate of drug-likeness (QED) is 0.669. The van der Waals surface area contributed by atoms with E-state index in [1.54, 1.807) is 13.3 Å². The number of pyridine rings is 1. The van der Waals surface area contributed by atoms with Crippen LogP contribution >= 0.6 is 11.8 Å². The van der Waals surface area contributed by atoms with Gasteiger partial charge >= 0.3 is 0 Å². The van der Waals surface area contributed by atoms with Crippen LogP contribution in [0.3, 0.4) is 0 Å². The maximum absolute atomic E-state index is 13.0. The van der Waals surface area contributed by atoms with Gasteiger partial charge in [0.2, 0.25) is 5.91 Å². The van der Waals surface area contributed by atoms with E-state index in [9.17, 15) is 9.59 Å².